The standard InChI is InChI=1S/C19H32/c1-3-5-7-9-11-13-15-17-19-18-16-14-12-10-8-6-4-2/h3,5,7,9,11,13,15H,1,4,6,8,10,12,14,16-19H2,2H3/b7-5-,11-9+,15-13-. The lowest BCUT2D eigenvalue weighted by Gasteiger charge is -2.00. The number of rotatable bonds is 13. The first-order valence-corrected chi connectivity index (χ1v) is 8.02. The third-order valence-electron chi connectivity index (χ3n) is 3.19. The van der Waals surface area contributed by atoms with Crippen LogP contribution >= 0.6 is 0 Å². The van der Waals surface area contributed by atoms with Crippen molar-refractivity contribution in [1.29, 1.82) is 0 Å². The maximum atomic E-state index is 3.63. The van der Waals surface area contributed by atoms with E-state index >= 15 is 0 Å². The molecule has 0 aromatic rings. The van der Waals surface area contributed by atoms with Crippen LogP contribution in [0.5, 0.6) is 0 Å². The van der Waals surface area contributed by atoms with Crippen LogP contribution in [0.4, 0.5) is 0 Å². The quantitative estimate of drug-likeness (QED) is 0.253. The van der Waals surface area contributed by atoms with Gasteiger partial charge in [0.25, 0.3) is 0 Å². The molecule has 0 aliphatic carbocycles. The fourth-order valence-electron chi connectivity index (χ4n) is 2.02. The lowest BCUT2D eigenvalue weighted by atomic mass is 10.1. The van der Waals surface area contributed by atoms with Crippen molar-refractivity contribution in [2.75, 3.05) is 0 Å². The Morgan fingerprint density at radius 3 is 1.79 bits per heavy atom. The van der Waals surface area contributed by atoms with Crippen LogP contribution in [0.3, 0.4) is 0 Å². The average molecular weight is 260 g/mol. The fourth-order valence-corrected chi connectivity index (χ4v) is 2.02. The van der Waals surface area contributed by atoms with Crippen molar-refractivity contribution in [2.45, 2.75) is 71.1 Å². The molecular weight excluding hydrogens is 228 g/mol. The molecule has 0 atom stereocenters. The van der Waals surface area contributed by atoms with Crippen LogP contribution in [-0.2, 0) is 0 Å². The minimum Gasteiger partial charge on any atom is -0.0991 e. The Kier molecular flexibility index (Phi) is 16.0. The summed E-state index contributed by atoms with van der Waals surface area (Å²) in [4.78, 5) is 0. The van der Waals surface area contributed by atoms with E-state index < -0.39 is 0 Å². The van der Waals surface area contributed by atoms with E-state index in [4.69, 9.17) is 0 Å². The van der Waals surface area contributed by atoms with E-state index in [1.54, 1.807) is 6.08 Å². The molecule has 19 heavy (non-hydrogen) atoms. The molecule has 0 unspecified atom stereocenters. The second-order valence-corrected chi connectivity index (χ2v) is 5.05. The Hall–Kier alpha value is -1.04. The molecule has 0 heterocycles. The monoisotopic (exact) mass is 260 g/mol. The molecule has 108 valence electrons. The highest BCUT2D eigenvalue weighted by molar-refractivity contribution is 5.14. The van der Waals surface area contributed by atoms with E-state index in [1.165, 1.54) is 64.2 Å². The highest BCUT2D eigenvalue weighted by Gasteiger charge is 1.90. The molecular formula is C19H32. The lowest BCUT2D eigenvalue weighted by molar-refractivity contribution is 0.566. The van der Waals surface area contributed by atoms with Crippen LogP contribution in [0.25, 0.3) is 0 Å². The van der Waals surface area contributed by atoms with Gasteiger partial charge < -0.3 is 0 Å². The topological polar surface area (TPSA) is 0 Å². The smallest absolute Gasteiger partial charge is 0.0348 e. The van der Waals surface area contributed by atoms with Gasteiger partial charge in [-0.1, -0.05) is 107 Å². The largest absolute Gasteiger partial charge is 0.0991 e. The third-order valence-corrected chi connectivity index (χ3v) is 3.19. The van der Waals surface area contributed by atoms with Gasteiger partial charge in [-0.25, -0.2) is 0 Å². The minimum atomic E-state index is 1.21. The third kappa shape index (κ3) is 17.0. The molecule has 0 aliphatic heterocycles. The van der Waals surface area contributed by atoms with E-state index in [-0.39, 0.29) is 0 Å². The Balaban J connectivity index is 3.17. The first-order valence-electron chi connectivity index (χ1n) is 8.02. The second-order valence-electron chi connectivity index (χ2n) is 5.05. The summed E-state index contributed by atoms with van der Waals surface area (Å²) in [6.45, 7) is 5.90. The van der Waals surface area contributed by atoms with Gasteiger partial charge in [0.1, 0.15) is 0 Å². The van der Waals surface area contributed by atoms with Crippen molar-refractivity contribution < 1.29 is 0 Å². The predicted octanol–water partition coefficient (Wildman–Crippen LogP) is 6.76. The Labute approximate surface area is 121 Å². The molecule has 0 nitrogen and oxygen atoms in total. The SMILES string of the molecule is C=C\C=C/C=C/C=C\CCCCCCCCCCC. The number of unbranched alkanes of at least 4 members (excludes halogenated alkanes) is 9. The van der Waals surface area contributed by atoms with Gasteiger partial charge in [0.05, 0.1) is 0 Å². The van der Waals surface area contributed by atoms with E-state index in [0.717, 1.165) is 0 Å². The molecule has 0 N–H and O–H groups in total. The van der Waals surface area contributed by atoms with Crippen LogP contribution < -0.4 is 0 Å². The Morgan fingerprint density at radius 2 is 1.16 bits per heavy atom. The maximum absolute atomic E-state index is 3.63. The van der Waals surface area contributed by atoms with Crippen molar-refractivity contribution in [3.8, 4) is 0 Å². The zero-order valence-corrected chi connectivity index (χ0v) is 12.8. The molecule has 0 aromatic heterocycles. The van der Waals surface area contributed by atoms with E-state index in [1.807, 2.05) is 18.2 Å². The summed E-state index contributed by atoms with van der Waals surface area (Å²) in [5.74, 6) is 0. The first kappa shape index (κ1) is 18.0. The summed E-state index contributed by atoms with van der Waals surface area (Å²) >= 11 is 0. The Bertz CT molecular complexity index is 255. The molecule has 0 heteroatoms. The van der Waals surface area contributed by atoms with E-state index in [9.17, 15) is 0 Å². The fraction of sp³-hybridized carbons (Fsp3) is 0.579. The van der Waals surface area contributed by atoms with Crippen LogP contribution in [0, 0.1) is 0 Å². The van der Waals surface area contributed by atoms with E-state index in [2.05, 4.69) is 31.7 Å². The molecule has 0 bridgehead atoms. The first-order chi connectivity index (χ1) is 9.41. The highest BCUT2D eigenvalue weighted by Crippen LogP contribution is 2.10. The number of hydrogen-bond acceptors (Lipinski definition) is 0. The normalized spacial score (nSPS) is 12.1. The molecule has 0 rings (SSSR count). The van der Waals surface area contributed by atoms with Crippen molar-refractivity contribution in [1.82, 2.24) is 0 Å². The molecule has 0 aromatic carbocycles. The van der Waals surface area contributed by atoms with Crippen LogP contribution in [-0.4, -0.2) is 0 Å². The van der Waals surface area contributed by atoms with Gasteiger partial charge >= 0.3 is 0 Å². The van der Waals surface area contributed by atoms with Crippen molar-refractivity contribution in [3.63, 3.8) is 0 Å². The average Bonchev–Trinajstić information content (AvgIpc) is 2.43. The molecule has 0 saturated carbocycles. The summed E-state index contributed by atoms with van der Waals surface area (Å²) in [6, 6.07) is 0. The van der Waals surface area contributed by atoms with Crippen molar-refractivity contribution in [2.24, 2.45) is 0 Å². The summed E-state index contributed by atoms with van der Waals surface area (Å²) in [7, 11) is 0. The maximum Gasteiger partial charge on any atom is -0.0348 e. The van der Waals surface area contributed by atoms with Crippen LogP contribution in [0.15, 0.2) is 49.1 Å². The number of allylic oxidation sites excluding steroid dienone is 7. The molecule has 0 fully saturated rings. The van der Waals surface area contributed by atoms with Crippen LogP contribution in [0.1, 0.15) is 71.1 Å². The zero-order valence-electron chi connectivity index (χ0n) is 12.8. The minimum absolute atomic E-state index is 1.21. The Morgan fingerprint density at radius 1 is 0.632 bits per heavy atom. The van der Waals surface area contributed by atoms with Crippen LogP contribution in [0.2, 0.25) is 0 Å². The van der Waals surface area contributed by atoms with Gasteiger partial charge in [0, 0.05) is 0 Å². The molecule has 0 saturated heterocycles. The second kappa shape index (κ2) is 17.0. The molecule has 0 spiro atoms. The van der Waals surface area contributed by atoms with Gasteiger partial charge in [-0.2, -0.15) is 0 Å². The van der Waals surface area contributed by atoms with Gasteiger partial charge in [-0.3, -0.25) is 0 Å². The van der Waals surface area contributed by atoms with Gasteiger partial charge in [-0.15, -0.1) is 0 Å². The molecule has 0 radical (unpaired) electrons. The predicted molar refractivity (Wildman–Crippen MR) is 89.5 cm³/mol. The van der Waals surface area contributed by atoms with E-state index in [0.29, 0.717) is 0 Å². The lowest BCUT2D eigenvalue weighted by Crippen LogP contribution is -1.80. The highest BCUT2D eigenvalue weighted by atomic mass is 14.0. The van der Waals surface area contributed by atoms with Gasteiger partial charge in [-0.05, 0) is 12.8 Å². The summed E-state index contributed by atoms with van der Waals surface area (Å²) in [6.07, 6.45) is 28.1. The van der Waals surface area contributed by atoms with Gasteiger partial charge in [0.2, 0.25) is 0 Å². The summed E-state index contributed by atoms with van der Waals surface area (Å²) in [5.41, 5.74) is 0. The van der Waals surface area contributed by atoms with Crippen molar-refractivity contribution >= 4 is 0 Å². The zero-order chi connectivity index (χ0) is 14.0. The number of hydrogen-bond donors (Lipinski definition) is 0. The summed E-state index contributed by atoms with van der Waals surface area (Å²) < 4.78 is 0. The van der Waals surface area contributed by atoms with Gasteiger partial charge in [0.15, 0.2) is 0 Å². The molecule has 0 aliphatic rings. The van der Waals surface area contributed by atoms with Crippen molar-refractivity contribution in [3.05, 3.63) is 49.1 Å². The molecule has 0 amide bonds. The summed E-state index contributed by atoms with van der Waals surface area (Å²) in [5, 5.41) is 0.